The summed E-state index contributed by atoms with van der Waals surface area (Å²) in [6.45, 7) is 8.36. The van der Waals surface area contributed by atoms with Crippen LogP contribution in [0.25, 0.3) is 0 Å². The summed E-state index contributed by atoms with van der Waals surface area (Å²) in [7, 11) is 0. The zero-order chi connectivity index (χ0) is 20.5. The van der Waals surface area contributed by atoms with Crippen molar-refractivity contribution in [2.75, 3.05) is 19.8 Å². The van der Waals surface area contributed by atoms with Crippen LogP contribution in [0.2, 0.25) is 0 Å². The predicted octanol–water partition coefficient (Wildman–Crippen LogP) is 2.56. The summed E-state index contributed by atoms with van der Waals surface area (Å²) in [6, 6.07) is 0. The van der Waals surface area contributed by atoms with Gasteiger partial charge in [0.15, 0.2) is 11.7 Å². The first-order valence-corrected chi connectivity index (χ1v) is 10.3. The maximum Gasteiger partial charge on any atom is 0.224 e. The number of carbonyl (C=O) groups is 2. The van der Waals surface area contributed by atoms with E-state index in [0.717, 1.165) is 49.1 Å². The molecule has 0 unspecified atom stereocenters. The molecule has 1 saturated heterocycles. The minimum atomic E-state index is 0.00695. The Morgan fingerprint density at radius 3 is 2.66 bits per heavy atom. The molecule has 0 bridgehead atoms. The number of amides is 1. The molecule has 2 aromatic heterocycles. The number of hydrogen-bond acceptors (Lipinski definition) is 6. The molecule has 2 aromatic rings. The maximum absolute atomic E-state index is 12.8. The summed E-state index contributed by atoms with van der Waals surface area (Å²) in [5.74, 6) is 2.11. The summed E-state index contributed by atoms with van der Waals surface area (Å²) in [6.07, 6.45) is 2.92. The molecule has 2 aliphatic heterocycles. The molecule has 1 fully saturated rings. The number of aromatic nitrogens is 3. The van der Waals surface area contributed by atoms with Crippen LogP contribution in [0.15, 0.2) is 4.42 Å². The number of aryl methyl sites for hydroxylation is 2. The number of Topliss-reactive ketones (excluding diaryl/α,β-unsaturated/α-hetero) is 1. The highest BCUT2D eigenvalue weighted by molar-refractivity contribution is 5.96. The number of ketones is 1. The number of rotatable bonds is 5. The average molecular weight is 400 g/mol. The van der Waals surface area contributed by atoms with Crippen LogP contribution in [0.4, 0.5) is 0 Å². The van der Waals surface area contributed by atoms with Crippen LogP contribution in [-0.2, 0) is 29.0 Å². The molecule has 4 rings (SSSR count). The third kappa shape index (κ3) is 3.99. The number of fused-ring (bicyclic) bond motifs is 1. The highest BCUT2D eigenvalue weighted by Gasteiger charge is 2.28. The first-order chi connectivity index (χ1) is 13.9. The van der Waals surface area contributed by atoms with Crippen molar-refractivity contribution in [3.63, 3.8) is 0 Å². The average Bonchev–Trinajstić information content (AvgIpc) is 3.26. The van der Waals surface area contributed by atoms with Gasteiger partial charge in [-0.05, 0) is 33.6 Å². The molecule has 8 nitrogen and oxygen atoms in total. The Morgan fingerprint density at radius 2 is 1.97 bits per heavy atom. The van der Waals surface area contributed by atoms with Crippen molar-refractivity contribution < 1.29 is 18.7 Å². The Balaban J connectivity index is 1.38. The van der Waals surface area contributed by atoms with Crippen LogP contribution in [0.1, 0.15) is 71.2 Å². The number of ether oxygens (including phenoxy) is 1. The minimum absolute atomic E-state index is 0.00695. The molecule has 0 N–H and O–H groups in total. The number of nitrogens with zero attached hydrogens (tertiary/aromatic N) is 4. The summed E-state index contributed by atoms with van der Waals surface area (Å²) in [4.78, 5) is 31.1. The van der Waals surface area contributed by atoms with Gasteiger partial charge in [-0.15, -0.1) is 0 Å². The van der Waals surface area contributed by atoms with Crippen molar-refractivity contribution in [2.45, 2.75) is 65.5 Å². The van der Waals surface area contributed by atoms with Crippen LogP contribution in [-0.4, -0.2) is 51.1 Å². The Bertz CT molecular complexity index is 924. The zero-order valence-corrected chi connectivity index (χ0v) is 17.4. The van der Waals surface area contributed by atoms with Crippen molar-refractivity contribution in [2.24, 2.45) is 0 Å². The van der Waals surface area contributed by atoms with Gasteiger partial charge >= 0.3 is 0 Å². The molecule has 0 spiro atoms. The molecule has 29 heavy (non-hydrogen) atoms. The number of hydrogen-bond donors (Lipinski definition) is 0. The van der Waals surface area contributed by atoms with Gasteiger partial charge in [-0.2, -0.15) is 5.10 Å². The van der Waals surface area contributed by atoms with Crippen LogP contribution in [0.5, 0.6) is 0 Å². The maximum atomic E-state index is 12.8. The normalized spacial score (nSPS) is 17.4. The lowest BCUT2D eigenvalue weighted by molar-refractivity contribution is -0.132. The SMILES string of the molecule is CC(=O)c1c(C)nn(CCC(=O)N2CCc3oc(C4CCOCC4)nc3C2)c1C. The summed E-state index contributed by atoms with van der Waals surface area (Å²) in [5, 5.41) is 4.43. The topological polar surface area (TPSA) is 90.5 Å². The van der Waals surface area contributed by atoms with E-state index in [1.165, 1.54) is 0 Å². The summed E-state index contributed by atoms with van der Waals surface area (Å²) >= 11 is 0. The van der Waals surface area contributed by atoms with E-state index in [-0.39, 0.29) is 11.7 Å². The van der Waals surface area contributed by atoms with E-state index in [2.05, 4.69) is 5.10 Å². The van der Waals surface area contributed by atoms with Crippen molar-refractivity contribution >= 4 is 11.7 Å². The molecule has 0 radical (unpaired) electrons. The monoisotopic (exact) mass is 400 g/mol. The molecule has 1 amide bonds. The molecule has 0 atom stereocenters. The molecule has 0 aliphatic carbocycles. The highest BCUT2D eigenvalue weighted by atomic mass is 16.5. The Hall–Kier alpha value is -2.48. The van der Waals surface area contributed by atoms with Gasteiger partial charge < -0.3 is 14.1 Å². The molecule has 0 saturated carbocycles. The van der Waals surface area contributed by atoms with E-state index in [1.54, 1.807) is 11.6 Å². The lowest BCUT2D eigenvalue weighted by Gasteiger charge is -2.25. The van der Waals surface area contributed by atoms with Gasteiger partial charge in [0, 0.05) is 50.8 Å². The predicted molar refractivity (Wildman–Crippen MR) is 105 cm³/mol. The summed E-state index contributed by atoms with van der Waals surface area (Å²) in [5.41, 5.74) is 3.08. The van der Waals surface area contributed by atoms with Gasteiger partial charge in [0.25, 0.3) is 0 Å². The largest absolute Gasteiger partial charge is 0.445 e. The van der Waals surface area contributed by atoms with Crippen molar-refractivity contribution in [1.29, 1.82) is 0 Å². The quantitative estimate of drug-likeness (QED) is 0.717. The van der Waals surface area contributed by atoms with Crippen LogP contribution in [0.3, 0.4) is 0 Å². The smallest absolute Gasteiger partial charge is 0.224 e. The van der Waals surface area contributed by atoms with E-state index in [1.807, 2.05) is 18.7 Å². The van der Waals surface area contributed by atoms with Crippen molar-refractivity contribution in [1.82, 2.24) is 19.7 Å². The summed E-state index contributed by atoms with van der Waals surface area (Å²) < 4.78 is 13.2. The molecule has 2 aliphatic rings. The first kappa shape index (κ1) is 19.8. The fourth-order valence-corrected chi connectivity index (χ4v) is 4.33. The zero-order valence-electron chi connectivity index (χ0n) is 17.4. The lowest BCUT2D eigenvalue weighted by atomic mass is 10.0. The molecule has 4 heterocycles. The van der Waals surface area contributed by atoms with Crippen LogP contribution >= 0.6 is 0 Å². The fourth-order valence-electron chi connectivity index (χ4n) is 4.33. The van der Waals surface area contributed by atoms with E-state index >= 15 is 0 Å². The number of carbonyl (C=O) groups excluding carboxylic acids is 2. The molecular formula is C21H28N4O4. The van der Waals surface area contributed by atoms with Gasteiger partial charge in [0.05, 0.1) is 17.8 Å². The van der Waals surface area contributed by atoms with Gasteiger partial charge in [0.2, 0.25) is 5.91 Å². The molecule has 0 aromatic carbocycles. The second-order valence-corrected chi connectivity index (χ2v) is 7.95. The second-order valence-electron chi connectivity index (χ2n) is 7.95. The van der Waals surface area contributed by atoms with Gasteiger partial charge in [-0.1, -0.05) is 0 Å². The highest BCUT2D eigenvalue weighted by Crippen LogP contribution is 2.30. The standard InChI is InChI=1S/C21H28N4O4/c1-13-20(15(3)26)14(2)25(23-13)9-5-19(27)24-8-4-18-17(12-24)22-21(29-18)16-6-10-28-11-7-16/h16H,4-12H2,1-3H3. The van der Waals surface area contributed by atoms with Crippen molar-refractivity contribution in [3.05, 3.63) is 34.3 Å². The van der Waals surface area contributed by atoms with Crippen LogP contribution < -0.4 is 0 Å². The van der Waals surface area contributed by atoms with E-state index < -0.39 is 0 Å². The number of oxazole rings is 1. The Labute approximate surface area is 170 Å². The van der Waals surface area contributed by atoms with Crippen LogP contribution in [0, 0.1) is 13.8 Å². The third-order valence-corrected chi connectivity index (χ3v) is 5.94. The molecular weight excluding hydrogens is 372 g/mol. The van der Waals surface area contributed by atoms with E-state index in [4.69, 9.17) is 14.1 Å². The van der Waals surface area contributed by atoms with Gasteiger partial charge in [-0.3, -0.25) is 14.3 Å². The first-order valence-electron chi connectivity index (χ1n) is 10.3. The molecule has 156 valence electrons. The van der Waals surface area contributed by atoms with E-state index in [0.29, 0.717) is 49.7 Å². The van der Waals surface area contributed by atoms with Crippen molar-refractivity contribution in [3.8, 4) is 0 Å². The minimum Gasteiger partial charge on any atom is -0.445 e. The van der Waals surface area contributed by atoms with E-state index in [9.17, 15) is 9.59 Å². The second kappa shape index (κ2) is 8.10. The fraction of sp³-hybridized carbons (Fsp3) is 0.619. The Kier molecular flexibility index (Phi) is 5.54. The Morgan fingerprint density at radius 1 is 1.21 bits per heavy atom. The van der Waals surface area contributed by atoms with Gasteiger partial charge in [-0.25, -0.2) is 4.98 Å². The third-order valence-electron chi connectivity index (χ3n) is 5.94. The lowest BCUT2D eigenvalue weighted by Crippen LogP contribution is -2.36. The molecule has 8 heteroatoms. The van der Waals surface area contributed by atoms with Gasteiger partial charge in [0.1, 0.15) is 11.5 Å².